The van der Waals surface area contributed by atoms with Crippen molar-refractivity contribution >= 4 is 5.91 Å². The maximum atomic E-state index is 11.5. The van der Waals surface area contributed by atoms with Gasteiger partial charge in [-0.3, -0.25) is 4.79 Å². The van der Waals surface area contributed by atoms with E-state index >= 15 is 0 Å². The molecule has 3 N–H and O–H groups in total. The lowest BCUT2D eigenvalue weighted by Crippen LogP contribution is -2.46. The number of hydrogen-bond acceptors (Lipinski definition) is 2. The summed E-state index contributed by atoms with van der Waals surface area (Å²) < 4.78 is 0. The van der Waals surface area contributed by atoms with E-state index in [1.807, 2.05) is 0 Å². The van der Waals surface area contributed by atoms with Gasteiger partial charge < -0.3 is 11.1 Å². The van der Waals surface area contributed by atoms with Gasteiger partial charge in [0.1, 0.15) is 0 Å². The van der Waals surface area contributed by atoms with Gasteiger partial charge in [0.05, 0.1) is 6.04 Å². The van der Waals surface area contributed by atoms with Crippen LogP contribution < -0.4 is 11.1 Å². The minimum atomic E-state index is -0.402. The summed E-state index contributed by atoms with van der Waals surface area (Å²) in [6.45, 7) is 6.08. The predicted molar refractivity (Wildman–Crippen MR) is 67.0 cm³/mol. The number of carbonyl (C=O) groups is 1. The van der Waals surface area contributed by atoms with E-state index in [0.717, 1.165) is 5.92 Å². The van der Waals surface area contributed by atoms with Crippen molar-refractivity contribution in [3.05, 3.63) is 0 Å². The van der Waals surface area contributed by atoms with Crippen LogP contribution in [0.15, 0.2) is 0 Å². The molecule has 0 aliphatic heterocycles. The summed E-state index contributed by atoms with van der Waals surface area (Å²) in [4.78, 5) is 11.5. The van der Waals surface area contributed by atoms with Gasteiger partial charge in [0.2, 0.25) is 5.91 Å². The Labute approximate surface area is 99.2 Å². The monoisotopic (exact) mass is 226 g/mol. The van der Waals surface area contributed by atoms with Crippen molar-refractivity contribution in [2.24, 2.45) is 17.6 Å². The maximum absolute atomic E-state index is 11.5. The predicted octanol–water partition coefficient (Wildman–Crippen LogP) is 2.05. The molecule has 3 atom stereocenters. The van der Waals surface area contributed by atoms with E-state index in [9.17, 15) is 4.79 Å². The van der Waals surface area contributed by atoms with E-state index in [4.69, 9.17) is 5.73 Å². The second kappa shape index (κ2) is 6.24. The highest BCUT2D eigenvalue weighted by atomic mass is 16.2. The number of nitrogens with one attached hydrogen (secondary N) is 1. The molecular weight excluding hydrogens is 200 g/mol. The van der Waals surface area contributed by atoms with Crippen LogP contribution in [0.25, 0.3) is 0 Å². The molecule has 2 unspecified atom stereocenters. The highest BCUT2D eigenvalue weighted by Gasteiger charge is 2.25. The van der Waals surface area contributed by atoms with Gasteiger partial charge in [0.15, 0.2) is 0 Å². The SMILES string of the molecule is CC(NC(=O)[C@@H](C)N)C(C)C1CCCCC1. The second-order valence-corrected chi connectivity index (χ2v) is 5.34. The van der Waals surface area contributed by atoms with Crippen molar-refractivity contribution < 1.29 is 4.79 Å². The summed E-state index contributed by atoms with van der Waals surface area (Å²) in [7, 11) is 0. The molecule has 1 aliphatic rings. The number of hydrogen-bond donors (Lipinski definition) is 2. The Kier molecular flexibility index (Phi) is 5.26. The van der Waals surface area contributed by atoms with Gasteiger partial charge >= 0.3 is 0 Å². The topological polar surface area (TPSA) is 55.1 Å². The average Bonchev–Trinajstić information content (AvgIpc) is 2.28. The first-order chi connectivity index (χ1) is 7.52. The first-order valence-corrected chi connectivity index (χ1v) is 6.58. The fourth-order valence-corrected chi connectivity index (χ4v) is 2.56. The Hall–Kier alpha value is -0.570. The third-order valence-corrected chi connectivity index (χ3v) is 3.97. The molecule has 0 aromatic heterocycles. The molecule has 3 nitrogen and oxygen atoms in total. The summed E-state index contributed by atoms with van der Waals surface area (Å²) in [5, 5.41) is 3.01. The Morgan fingerprint density at radius 1 is 1.19 bits per heavy atom. The lowest BCUT2D eigenvalue weighted by Gasteiger charge is -2.32. The van der Waals surface area contributed by atoms with E-state index in [1.165, 1.54) is 32.1 Å². The average molecular weight is 226 g/mol. The third-order valence-electron chi connectivity index (χ3n) is 3.97. The summed E-state index contributed by atoms with van der Waals surface area (Å²) in [6.07, 6.45) is 6.72. The van der Waals surface area contributed by atoms with Crippen LogP contribution in [-0.4, -0.2) is 18.0 Å². The number of amides is 1. The fraction of sp³-hybridized carbons (Fsp3) is 0.923. The van der Waals surface area contributed by atoms with Crippen molar-refractivity contribution in [1.29, 1.82) is 0 Å². The molecule has 0 radical (unpaired) electrons. The highest BCUT2D eigenvalue weighted by molar-refractivity contribution is 5.81. The second-order valence-electron chi connectivity index (χ2n) is 5.34. The molecule has 1 amide bonds. The minimum absolute atomic E-state index is 0.0323. The van der Waals surface area contributed by atoms with Crippen LogP contribution >= 0.6 is 0 Å². The molecule has 0 spiro atoms. The van der Waals surface area contributed by atoms with E-state index < -0.39 is 6.04 Å². The third kappa shape index (κ3) is 3.78. The summed E-state index contributed by atoms with van der Waals surface area (Å²) in [5.74, 6) is 1.30. The van der Waals surface area contributed by atoms with Crippen LogP contribution in [0.1, 0.15) is 52.9 Å². The van der Waals surface area contributed by atoms with Gasteiger partial charge in [-0.15, -0.1) is 0 Å². The molecule has 94 valence electrons. The van der Waals surface area contributed by atoms with Gasteiger partial charge in [0, 0.05) is 6.04 Å². The molecule has 0 heterocycles. The molecule has 0 aromatic rings. The zero-order valence-corrected chi connectivity index (χ0v) is 10.8. The van der Waals surface area contributed by atoms with E-state index in [0.29, 0.717) is 5.92 Å². The Balaban J connectivity index is 2.39. The fourth-order valence-electron chi connectivity index (χ4n) is 2.56. The normalized spacial score (nSPS) is 23.5. The quantitative estimate of drug-likeness (QED) is 0.771. The summed E-state index contributed by atoms with van der Waals surface area (Å²) in [6, 6.07) is -0.164. The van der Waals surface area contributed by atoms with Gasteiger partial charge in [-0.25, -0.2) is 0 Å². The molecule has 0 bridgehead atoms. The number of nitrogens with two attached hydrogens (primary N) is 1. The minimum Gasteiger partial charge on any atom is -0.352 e. The molecular formula is C13H26N2O. The standard InChI is InChI=1S/C13H26N2O/c1-9(12-7-5-4-6-8-12)11(3)15-13(16)10(2)14/h9-12H,4-8,14H2,1-3H3,(H,15,16)/t9?,10-,11?/m1/s1. The molecule has 0 saturated heterocycles. The largest absolute Gasteiger partial charge is 0.352 e. The summed E-state index contributed by atoms with van der Waals surface area (Å²) >= 11 is 0. The Morgan fingerprint density at radius 2 is 1.75 bits per heavy atom. The molecule has 0 aromatic carbocycles. The van der Waals surface area contributed by atoms with Crippen molar-refractivity contribution in [2.75, 3.05) is 0 Å². The van der Waals surface area contributed by atoms with Gasteiger partial charge in [-0.05, 0) is 25.7 Å². The first kappa shape index (κ1) is 13.5. The number of rotatable bonds is 4. The molecule has 16 heavy (non-hydrogen) atoms. The van der Waals surface area contributed by atoms with Crippen molar-refractivity contribution in [1.82, 2.24) is 5.32 Å². The van der Waals surface area contributed by atoms with Gasteiger partial charge in [-0.1, -0.05) is 39.0 Å². The molecule has 1 fully saturated rings. The lowest BCUT2D eigenvalue weighted by atomic mass is 9.78. The Morgan fingerprint density at radius 3 is 2.25 bits per heavy atom. The van der Waals surface area contributed by atoms with Crippen LogP contribution in [0.4, 0.5) is 0 Å². The smallest absolute Gasteiger partial charge is 0.236 e. The van der Waals surface area contributed by atoms with Crippen LogP contribution in [0.2, 0.25) is 0 Å². The van der Waals surface area contributed by atoms with Crippen LogP contribution in [0.3, 0.4) is 0 Å². The van der Waals surface area contributed by atoms with Crippen LogP contribution in [0.5, 0.6) is 0 Å². The van der Waals surface area contributed by atoms with E-state index in [2.05, 4.69) is 19.2 Å². The molecule has 1 aliphatic carbocycles. The van der Waals surface area contributed by atoms with Crippen molar-refractivity contribution in [3.8, 4) is 0 Å². The van der Waals surface area contributed by atoms with Gasteiger partial charge in [-0.2, -0.15) is 0 Å². The van der Waals surface area contributed by atoms with Crippen LogP contribution in [-0.2, 0) is 4.79 Å². The van der Waals surface area contributed by atoms with Crippen molar-refractivity contribution in [3.63, 3.8) is 0 Å². The Bertz CT molecular complexity index is 222. The molecule has 3 heteroatoms. The van der Waals surface area contributed by atoms with Gasteiger partial charge in [0.25, 0.3) is 0 Å². The maximum Gasteiger partial charge on any atom is 0.236 e. The zero-order chi connectivity index (χ0) is 12.1. The summed E-state index contributed by atoms with van der Waals surface area (Å²) in [5.41, 5.74) is 5.55. The molecule has 1 rings (SSSR count). The van der Waals surface area contributed by atoms with Crippen LogP contribution in [0, 0.1) is 11.8 Å². The first-order valence-electron chi connectivity index (χ1n) is 6.58. The highest BCUT2D eigenvalue weighted by Crippen LogP contribution is 2.31. The number of carbonyl (C=O) groups excluding carboxylic acids is 1. The lowest BCUT2D eigenvalue weighted by molar-refractivity contribution is -0.123. The van der Waals surface area contributed by atoms with E-state index in [1.54, 1.807) is 6.92 Å². The molecule has 1 saturated carbocycles. The van der Waals surface area contributed by atoms with E-state index in [-0.39, 0.29) is 11.9 Å². The van der Waals surface area contributed by atoms with Crippen molar-refractivity contribution in [2.45, 2.75) is 65.0 Å². The zero-order valence-electron chi connectivity index (χ0n) is 10.8.